The summed E-state index contributed by atoms with van der Waals surface area (Å²) in [6.45, 7) is 2.43. The van der Waals surface area contributed by atoms with Gasteiger partial charge >= 0.3 is 0 Å². The lowest BCUT2D eigenvalue weighted by Crippen LogP contribution is -2.29. The average molecular weight is 219 g/mol. The smallest absolute Gasteiger partial charge is 0.223 e. The molecule has 0 aromatic heterocycles. The first-order valence-electron chi connectivity index (χ1n) is 5.67. The first-order chi connectivity index (χ1) is 7.72. The van der Waals surface area contributed by atoms with Crippen LogP contribution < -0.4 is 9.64 Å². The molecule has 0 saturated heterocycles. The predicted molar refractivity (Wildman–Crippen MR) is 64.0 cm³/mol. The molecule has 0 radical (unpaired) electrons. The topological polar surface area (TPSA) is 29.5 Å². The lowest BCUT2D eigenvalue weighted by atomic mass is 10.1. The summed E-state index contributed by atoms with van der Waals surface area (Å²) < 4.78 is 5.21. The third kappa shape index (κ3) is 2.03. The van der Waals surface area contributed by atoms with E-state index in [2.05, 4.69) is 6.07 Å². The number of hydrogen-bond acceptors (Lipinski definition) is 2. The van der Waals surface area contributed by atoms with Crippen molar-refractivity contribution < 1.29 is 9.53 Å². The number of carbonyl (C=O) groups excluding carboxylic acids is 1. The Balaban J connectivity index is 2.44. The van der Waals surface area contributed by atoms with Crippen LogP contribution in [0.1, 0.15) is 25.3 Å². The Hall–Kier alpha value is -1.51. The summed E-state index contributed by atoms with van der Waals surface area (Å²) in [4.78, 5) is 13.5. The van der Waals surface area contributed by atoms with Crippen molar-refractivity contribution >= 4 is 11.6 Å². The Bertz CT molecular complexity index is 401. The highest BCUT2D eigenvalue weighted by molar-refractivity contribution is 5.92. The number of nitrogens with zero attached hydrogens (tertiary/aromatic N) is 1. The van der Waals surface area contributed by atoms with Crippen molar-refractivity contribution in [2.75, 3.05) is 18.6 Å². The Morgan fingerprint density at radius 3 is 2.88 bits per heavy atom. The molecular formula is C13H17NO2. The van der Waals surface area contributed by atoms with Gasteiger partial charge in [-0.05, 0) is 30.9 Å². The van der Waals surface area contributed by atoms with E-state index in [4.69, 9.17) is 4.74 Å². The molecule has 1 aromatic rings. The molecule has 86 valence electrons. The third-order valence-electron chi connectivity index (χ3n) is 3.04. The number of rotatable bonds is 1. The summed E-state index contributed by atoms with van der Waals surface area (Å²) in [7, 11) is 1.65. The minimum absolute atomic E-state index is 0.108. The molecule has 2 rings (SSSR count). The van der Waals surface area contributed by atoms with Crippen LogP contribution in [0.4, 0.5) is 5.69 Å². The van der Waals surface area contributed by atoms with Crippen molar-refractivity contribution in [1.29, 1.82) is 0 Å². The van der Waals surface area contributed by atoms with Crippen LogP contribution in [0.25, 0.3) is 0 Å². The van der Waals surface area contributed by atoms with Crippen molar-refractivity contribution in [2.24, 2.45) is 0 Å². The van der Waals surface area contributed by atoms with Crippen LogP contribution in [-0.2, 0) is 11.2 Å². The van der Waals surface area contributed by atoms with Crippen LogP contribution in [0.2, 0.25) is 0 Å². The van der Waals surface area contributed by atoms with Gasteiger partial charge in [-0.25, -0.2) is 0 Å². The number of carbonyl (C=O) groups is 1. The molecule has 0 spiro atoms. The fourth-order valence-corrected chi connectivity index (χ4v) is 2.17. The summed E-state index contributed by atoms with van der Waals surface area (Å²) in [6.07, 6.45) is 3.25. The van der Waals surface area contributed by atoms with E-state index >= 15 is 0 Å². The molecule has 1 aliphatic rings. The second-order valence-corrected chi connectivity index (χ2v) is 4.12. The van der Waals surface area contributed by atoms with Gasteiger partial charge in [0.2, 0.25) is 5.91 Å². The Morgan fingerprint density at radius 2 is 2.19 bits per heavy atom. The van der Waals surface area contributed by atoms with Crippen LogP contribution in [0.15, 0.2) is 18.2 Å². The molecule has 3 heteroatoms. The maximum absolute atomic E-state index is 11.6. The van der Waals surface area contributed by atoms with Crippen molar-refractivity contribution in [3.05, 3.63) is 23.8 Å². The van der Waals surface area contributed by atoms with Gasteiger partial charge in [-0.3, -0.25) is 4.79 Å². The van der Waals surface area contributed by atoms with Crippen LogP contribution in [0, 0.1) is 0 Å². The van der Waals surface area contributed by atoms with E-state index in [1.165, 1.54) is 5.56 Å². The lowest BCUT2D eigenvalue weighted by Gasteiger charge is -2.21. The number of benzene rings is 1. The fourth-order valence-electron chi connectivity index (χ4n) is 2.17. The van der Waals surface area contributed by atoms with Crippen LogP contribution in [0.5, 0.6) is 5.75 Å². The highest BCUT2D eigenvalue weighted by atomic mass is 16.5. The Morgan fingerprint density at radius 1 is 1.38 bits per heavy atom. The molecule has 0 bridgehead atoms. The molecule has 1 aromatic carbocycles. The lowest BCUT2D eigenvalue weighted by molar-refractivity contribution is -0.116. The number of methoxy groups -OCH3 is 1. The monoisotopic (exact) mass is 219 g/mol. The third-order valence-corrected chi connectivity index (χ3v) is 3.04. The standard InChI is InChI=1S/C13H17NO2/c1-10(15)14-8-4-3-5-11-6-7-12(16-2)9-13(11)14/h6-7,9H,3-5,8H2,1-2H3. The molecule has 0 aliphatic carbocycles. The van der Waals surface area contributed by atoms with Crippen LogP contribution in [-0.4, -0.2) is 19.6 Å². The zero-order valence-corrected chi connectivity index (χ0v) is 9.82. The second kappa shape index (κ2) is 4.56. The van der Waals surface area contributed by atoms with E-state index in [1.807, 2.05) is 17.0 Å². The van der Waals surface area contributed by atoms with Gasteiger partial charge in [0.15, 0.2) is 0 Å². The highest BCUT2D eigenvalue weighted by Gasteiger charge is 2.18. The number of fused-ring (bicyclic) bond motifs is 1. The predicted octanol–water partition coefficient (Wildman–Crippen LogP) is 2.38. The van der Waals surface area contributed by atoms with E-state index in [0.29, 0.717) is 0 Å². The van der Waals surface area contributed by atoms with E-state index in [1.54, 1.807) is 14.0 Å². The van der Waals surface area contributed by atoms with Gasteiger partial charge in [0.1, 0.15) is 5.75 Å². The van der Waals surface area contributed by atoms with E-state index in [0.717, 1.165) is 37.2 Å². The molecular weight excluding hydrogens is 202 g/mol. The SMILES string of the molecule is COc1ccc2c(c1)N(C(C)=O)CCCC2. The number of ether oxygens (including phenoxy) is 1. The molecule has 1 aliphatic heterocycles. The molecule has 0 N–H and O–H groups in total. The van der Waals surface area contributed by atoms with Crippen molar-refractivity contribution in [3.63, 3.8) is 0 Å². The van der Waals surface area contributed by atoms with Gasteiger partial charge in [-0.1, -0.05) is 6.07 Å². The number of anilines is 1. The fraction of sp³-hybridized carbons (Fsp3) is 0.462. The highest BCUT2D eigenvalue weighted by Crippen LogP contribution is 2.30. The maximum Gasteiger partial charge on any atom is 0.223 e. The minimum Gasteiger partial charge on any atom is -0.497 e. The summed E-state index contributed by atoms with van der Waals surface area (Å²) >= 11 is 0. The minimum atomic E-state index is 0.108. The molecule has 0 saturated carbocycles. The zero-order chi connectivity index (χ0) is 11.5. The number of hydrogen-bond donors (Lipinski definition) is 0. The van der Waals surface area contributed by atoms with Crippen molar-refractivity contribution in [2.45, 2.75) is 26.2 Å². The molecule has 16 heavy (non-hydrogen) atoms. The van der Waals surface area contributed by atoms with Crippen LogP contribution >= 0.6 is 0 Å². The molecule has 1 amide bonds. The normalized spacial score (nSPS) is 15.2. The first kappa shape index (κ1) is 11.0. The number of aryl methyl sites for hydroxylation is 1. The quantitative estimate of drug-likeness (QED) is 0.725. The first-order valence-corrected chi connectivity index (χ1v) is 5.67. The van der Waals surface area contributed by atoms with Crippen molar-refractivity contribution in [1.82, 2.24) is 0 Å². The zero-order valence-electron chi connectivity index (χ0n) is 9.82. The van der Waals surface area contributed by atoms with Gasteiger partial charge in [0.05, 0.1) is 12.8 Å². The largest absolute Gasteiger partial charge is 0.497 e. The van der Waals surface area contributed by atoms with E-state index < -0.39 is 0 Å². The van der Waals surface area contributed by atoms with Crippen molar-refractivity contribution in [3.8, 4) is 5.75 Å². The Labute approximate surface area is 96.0 Å². The van der Waals surface area contributed by atoms with Gasteiger partial charge in [0.25, 0.3) is 0 Å². The summed E-state index contributed by atoms with van der Waals surface area (Å²) in [5.41, 5.74) is 2.26. The summed E-state index contributed by atoms with van der Waals surface area (Å²) in [6, 6.07) is 5.99. The summed E-state index contributed by atoms with van der Waals surface area (Å²) in [5, 5.41) is 0. The maximum atomic E-state index is 11.6. The van der Waals surface area contributed by atoms with Gasteiger partial charge in [0, 0.05) is 19.5 Å². The van der Waals surface area contributed by atoms with Gasteiger partial charge < -0.3 is 9.64 Å². The summed E-state index contributed by atoms with van der Waals surface area (Å²) in [5.74, 6) is 0.920. The van der Waals surface area contributed by atoms with Gasteiger partial charge in [-0.15, -0.1) is 0 Å². The molecule has 3 nitrogen and oxygen atoms in total. The average Bonchev–Trinajstić information content (AvgIpc) is 2.49. The second-order valence-electron chi connectivity index (χ2n) is 4.12. The molecule has 1 heterocycles. The van der Waals surface area contributed by atoms with E-state index in [-0.39, 0.29) is 5.91 Å². The Kier molecular flexibility index (Phi) is 3.13. The molecule has 0 fully saturated rings. The van der Waals surface area contributed by atoms with Gasteiger partial charge in [-0.2, -0.15) is 0 Å². The molecule has 0 unspecified atom stereocenters. The molecule has 0 atom stereocenters. The van der Waals surface area contributed by atoms with Crippen LogP contribution in [0.3, 0.4) is 0 Å². The number of amides is 1. The van der Waals surface area contributed by atoms with E-state index in [9.17, 15) is 4.79 Å².